The molecule has 0 spiro atoms. The standard InChI is InChI=1S/C33H32ClN3O8S/c1-5-12-44-32(41)24-16-23(9-10-25(24)34)35-29(38)17-37-31(40)28(46-33(37)42)15-21-7-11-26(27(14-21)43-4)45-18-30(39)36-22-8-6-19(2)20(3)13-22/h6-11,13-16H,5,12,17-18H2,1-4H3,(H,35,38)(H,36,39)/b28-15+. The minimum atomic E-state index is -0.650. The molecule has 1 heterocycles. The Kier molecular flexibility index (Phi) is 11.4. The van der Waals surface area contributed by atoms with E-state index in [1.54, 1.807) is 18.2 Å². The highest BCUT2D eigenvalue weighted by Gasteiger charge is 2.36. The number of carbonyl (C=O) groups is 5. The molecule has 0 radical (unpaired) electrons. The maximum absolute atomic E-state index is 13.0. The number of anilines is 2. The molecule has 0 aliphatic carbocycles. The minimum absolute atomic E-state index is 0.0782. The molecule has 3 aromatic rings. The number of thioether (sulfide) groups is 1. The van der Waals surface area contributed by atoms with Crippen LogP contribution >= 0.6 is 23.4 Å². The molecule has 4 rings (SSSR count). The zero-order valence-electron chi connectivity index (χ0n) is 25.6. The summed E-state index contributed by atoms with van der Waals surface area (Å²) in [6.07, 6.45) is 2.13. The normalized spacial score (nSPS) is 13.5. The van der Waals surface area contributed by atoms with E-state index < -0.39 is 29.6 Å². The second-order valence-electron chi connectivity index (χ2n) is 10.2. The second kappa shape index (κ2) is 15.5. The van der Waals surface area contributed by atoms with Gasteiger partial charge in [0.25, 0.3) is 17.1 Å². The number of imide groups is 1. The van der Waals surface area contributed by atoms with Crippen molar-refractivity contribution in [3.05, 3.63) is 86.8 Å². The first-order valence-corrected chi connectivity index (χ1v) is 15.4. The van der Waals surface area contributed by atoms with Gasteiger partial charge in [-0.2, -0.15) is 0 Å². The highest BCUT2D eigenvalue weighted by Crippen LogP contribution is 2.34. The van der Waals surface area contributed by atoms with Gasteiger partial charge in [0.15, 0.2) is 18.1 Å². The third-order valence-electron chi connectivity index (χ3n) is 6.72. The Morgan fingerprint density at radius 1 is 0.913 bits per heavy atom. The van der Waals surface area contributed by atoms with Gasteiger partial charge in [0, 0.05) is 11.4 Å². The summed E-state index contributed by atoms with van der Waals surface area (Å²) in [6.45, 7) is 5.22. The predicted molar refractivity (Wildman–Crippen MR) is 176 cm³/mol. The first kappa shape index (κ1) is 34.1. The predicted octanol–water partition coefficient (Wildman–Crippen LogP) is 6.22. The molecule has 11 nitrogen and oxygen atoms in total. The number of halogens is 1. The van der Waals surface area contributed by atoms with Gasteiger partial charge in [-0.15, -0.1) is 0 Å². The number of methoxy groups -OCH3 is 1. The molecule has 0 atom stereocenters. The second-order valence-corrected chi connectivity index (χ2v) is 11.6. The minimum Gasteiger partial charge on any atom is -0.493 e. The number of amides is 4. The number of hydrogen-bond acceptors (Lipinski definition) is 9. The van der Waals surface area contributed by atoms with E-state index in [1.165, 1.54) is 31.4 Å². The highest BCUT2D eigenvalue weighted by atomic mass is 35.5. The summed E-state index contributed by atoms with van der Waals surface area (Å²) >= 11 is 6.80. The Hall–Kier alpha value is -4.81. The van der Waals surface area contributed by atoms with Crippen LogP contribution in [0.1, 0.15) is 40.4 Å². The molecule has 13 heteroatoms. The lowest BCUT2D eigenvalue weighted by Gasteiger charge is -2.13. The van der Waals surface area contributed by atoms with Gasteiger partial charge in [-0.05, 0) is 97.3 Å². The monoisotopic (exact) mass is 665 g/mol. The zero-order chi connectivity index (χ0) is 33.4. The van der Waals surface area contributed by atoms with Crippen LogP contribution < -0.4 is 20.1 Å². The van der Waals surface area contributed by atoms with Crippen molar-refractivity contribution in [3.8, 4) is 11.5 Å². The van der Waals surface area contributed by atoms with Crippen LogP contribution in [-0.4, -0.2) is 60.7 Å². The lowest BCUT2D eigenvalue weighted by atomic mass is 10.1. The van der Waals surface area contributed by atoms with E-state index in [4.69, 9.17) is 25.8 Å². The quantitative estimate of drug-likeness (QED) is 0.170. The largest absolute Gasteiger partial charge is 0.493 e. The molecular formula is C33H32ClN3O8S. The number of ether oxygens (including phenoxy) is 3. The molecule has 0 saturated carbocycles. The number of nitrogens with zero attached hydrogens (tertiary/aromatic N) is 1. The van der Waals surface area contributed by atoms with E-state index in [-0.39, 0.29) is 40.3 Å². The van der Waals surface area contributed by atoms with E-state index in [1.807, 2.05) is 39.0 Å². The molecule has 1 saturated heterocycles. The SMILES string of the molecule is CCCOC(=O)c1cc(NC(=O)CN2C(=O)S/C(=C/c3ccc(OCC(=O)Nc4ccc(C)c(C)c4)c(OC)c3)C2=O)ccc1Cl. The number of rotatable bonds is 12. The maximum Gasteiger partial charge on any atom is 0.339 e. The fourth-order valence-corrected chi connectivity index (χ4v) is 5.25. The lowest BCUT2D eigenvalue weighted by molar-refractivity contribution is -0.127. The van der Waals surface area contributed by atoms with Crippen molar-refractivity contribution < 1.29 is 38.2 Å². The van der Waals surface area contributed by atoms with E-state index in [2.05, 4.69) is 10.6 Å². The molecule has 1 aliphatic rings. The van der Waals surface area contributed by atoms with Gasteiger partial charge in [-0.1, -0.05) is 30.7 Å². The van der Waals surface area contributed by atoms with Crippen LogP contribution in [0.25, 0.3) is 6.08 Å². The first-order chi connectivity index (χ1) is 22.0. The van der Waals surface area contributed by atoms with Crippen LogP contribution in [-0.2, 0) is 19.1 Å². The Labute approximate surface area is 275 Å². The van der Waals surface area contributed by atoms with Crippen molar-refractivity contribution in [2.24, 2.45) is 0 Å². The average molecular weight is 666 g/mol. The summed E-state index contributed by atoms with van der Waals surface area (Å²) in [4.78, 5) is 64.0. The van der Waals surface area contributed by atoms with Crippen LogP contribution in [0, 0.1) is 13.8 Å². The Bertz CT molecular complexity index is 1720. The van der Waals surface area contributed by atoms with Crippen molar-refractivity contribution in [3.63, 3.8) is 0 Å². The molecule has 0 bridgehead atoms. The number of nitrogens with one attached hydrogen (secondary N) is 2. The fourth-order valence-electron chi connectivity index (χ4n) is 4.22. The van der Waals surface area contributed by atoms with Crippen LogP contribution in [0.2, 0.25) is 5.02 Å². The van der Waals surface area contributed by atoms with E-state index in [0.29, 0.717) is 40.9 Å². The Morgan fingerprint density at radius 2 is 1.63 bits per heavy atom. The van der Waals surface area contributed by atoms with Crippen molar-refractivity contribution in [2.75, 3.05) is 37.5 Å². The van der Waals surface area contributed by atoms with Gasteiger partial charge in [-0.25, -0.2) is 4.79 Å². The van der Waals surface area contributed by atoms with E-state index in [9.17, 15) is 24.0 Å². The summed E-state index contributed by atoms with van der Waals surface area (Å²) in [5.74, 6) is -1.65. The van der Waals surface area contributed by atoms with Crippen molar-refractivity contribution in [1.82, 2.24) is 4.90 Å². The topological polar surface area (TPSA) is 140 Å². The molecule has 46 heavy (non-hydrogen) atoms. The zero-order valence-corrected chi connectivity index (χ0v) is 27.2. The van der Waals surface area contributed by atoms with Crippen molar-refractivity contribution >= 4 is 69.7 Å². The molecule has 1 fully saturated rings. The van der Waals surface area contributed by atoms with Gasteiger partial charge in [0.1, 0.15) is 6.54 Å². The lowest BCUT2D eigenvalue weighted by Crippen LogP contribution is -2.36. The Morgan fingerprint density at radius 3 is 2.35 bits per heavy atom. The van der Waals surface area contributed by atoms with E-state index >= 15 is 0 Å². The number of carbonyl (C=O) groups excluding carboxylic acids is 5. The first-order valence-electron chi connectivity index (χ1n) is 14.2. The molecule has 240 valence electrons. The average Bonchev–Trinajstić information content (AvgIpc) is 3.28. The maximum atomic E-state index is 13.0. The van der Waals surface area contributed by atoms with Gasteiger partial charge < -0.3 is 24.8 Å². The third-order valence-corrected chi connectivity index (χ3v) is 7.95. The molecular weight excluding hydrogens is 634 g/mol. The molecule has 4 amide bonds. The van der Waals surface area contributed by atoms with Crippen LogP contribution in [0.4, 0.5) is 16.2 Å². The van der Waals surface area contributed by atoms with Gasteiger partial charge in [-0.3, -0.25) is 24.1 Å². The van der Waals surface area contributed by atoms with Gasteiger partial charge in [0.05, 0.1) is 29.2 Å². The summed E-state index contributed by atoms with van der Waals surface area (Å²) in [5, 5.41) is 4.90. The van der Waals surface area contributed by atoms with Gasteiger partial charge in [0.2, 0.25) is 5.91 Å². The third kappa shape index (κ3) is 8.67. The molecule has 0 unspecified atom stereocenters. The summed E-state index contributed by atoms with van der Waals surface area (Å²) in [6, 6.07) is 14.7. The fraction of sp³-hybridized carbons (Fsp3) is 0.242. The highest BCUT2D eigenvalue weighted by molar-refractivity contribution is 8.18. The van der Waals surface area contributed by atoms with Gasteiger partial charge >= 0.3 is 5.97 Å². The van der Waals surface area contributed by atoms with Crippen molar-refractivity contribution in [1.29, 1.82) is 0 Å². The number of benzene rings is 3. The van der Waals surface area contributed by atoms with Crippen molar-refractivity contribution in [2.45, 2.75) is 27.2 Å². The summed E-state index contributed by atoms with van der Waals surface area (Å²) in [7, 11) is 1.44. The Balaban J connectivity index is 1.37. The molecule has 3 aromatic carbocycles. The molecule has 2 N–H and O–H groups in total. The summed E-state index contributed by atoms with van der Waals surface area (Å²) < 4.78 is 16.2. The number of aryl methyl sites for hydroxylation is 2. The van der Waals surface area contributed by atoms with E-state index in [0.717, 1.165) is 16.0 Å². The molecule has 1 aliphatic heterocycles. The summed E-state index contributed by atoms with van der Waals surface area (Å²) in [5.41, 5.74) is 3.69. The molecule has 0 aromatic heterocycles. The number of hydrogen-bond donors (Lipinski definition) is 2. The van der Waals surface area contributed by atoms with Crippen LogP contribution in [0.3, 0.4) is 0 Å². The smallest absolute Gasteiger partial charge is 0.339 e. The van der Waals surface area contributed by atoms with Crippen LogP contribution in [0.15, 0.2) is 59.5 Å². The number of esters is 1. The van der Waals surface area contributed by atoms with Crippen LogP contribution in [0.5, 0.6) is 11.5 Å².